The maximum absolute atomic E-state index is 12.3. The molecule has 0 aliphatic heterocycles. The van der Waals surface area contributed by atoms with Crippen molar-refractivity contribution >= 4 is 29.4 Å². The SMILES string of the molecule is C=Cc1ccccc1C(=O)C(=O)c1ccccc1N=C=O. The minimum Gasteiger partial charge on any atom is -0.285 e. The van der Waals surface area contributed by atoms with Crippen molar-refractivity contribution in [2.24, 2.45) is 4.99 Å². The molecule has 0 N–H and O–H groups in total. The van der Waals surface area contributed by atoms with E-state index in [2.05, 4.69) is 11.6 Å². The highest BCUT2D eigenvalue weighted by Crippen LogP contribution is 2.21. The summed E-state index contributed by atoms with van der Waals surface area (Å²) < 4.78 is 0. The molecule has 0 aliphatic carbocycles. The standard InChI is InChI=1S/C17H11NO3/c1-2-12-7-3-4-8-13(12)16(20)17(21)14-9-5-6-10-15(14)18-11-19/h2-10H,1H2. The minimum atomic E-state index is -0.723. The van der Waals surface area contributed by atoms with Crippen molar-refractivity contribution < 1.29 is 14.4 Å². The van der Waals surface area contributed by atoms with E-state index in [1.807, 2.05) is 0 Å². The summed E-state index contributed by atoms with van der Waals surface area (Å²) >= 11 is 0. The average Bonchev–Trinajstić information content (AvgIpc) is 2.54. The van der Waals surface area contributed by atoms with E-state index in [9.17, 15) is 14.4 Å². The maximum atomic E-state index is 12.3. The summed E-state index contributed by atoms with van der Waals surface area (Å²) in [6, 6.07) is 12.8. The molecular weight excluding hydrogens is 266 g/mol. The van der Waals surface area contributed by atoms with Crippen LogP contribution in [0.25, 0.3) is 6.08 Å². The maximum Gasteiger partial charge on any atom is 0.240 e. The highest BCUT2D eigenvalue weighted by Gasteiger charge is 2.22. The van der Waals surface area contributed by atoms with Crippen molar-refractivity contribution in [3.8, 4) is 0 Å². The topological polar surface area (TPSA) is 63.6 Å². The van der Waals surface area contributed by atoms with Gasteiger partial charge in [0.15, 0.2) is 0 Å². The van der Waals surface area contributed by atoms with Crippen LogP contribution in [-0.2, 0) is 4.79 Å². The summed E-state index contributed by atoms with van der Waals surface area (Å²) in [6.07, 6.45) is 2.89. The van der Waals surface area contributed by atoms with Crippen molar-refractivity contribution in [2.45, 2.75) is 0 Å². The molecule has 0 radical (unpaired) electrons. The van der Waals surface area contributed by atoms with Gasteiger partial charge in [0, 0.05) is 5.56 Å². The number of benzene rings is 2. The molecule has 4 heteroatoms. The summed E-state index contributed by atoms with van der Waals surface area (Å²) in [5, 5.41) is 0. The Morgan fingerprint density at radius 2 is 1.52 bits per heavy atom. The highest BCUT2D eigenvalue weighted by atomic mass is 16.2. The van der Waals surface area contributed by atoms with Gasteiger partial charge in [0.1, 0.15) is 0 Å². The minimum absolute atomic E-state index is 0.0738. The van der Waals surface area contributed by atoms with Crippen LogP contribution in [0.15, 0.2) is 60.1 Å². The Morgan fingerprint density at radius 1 is 0.952 bits per heavy atom. The van der Waals surface area contributed by atoms with Crippen LogP contribution in [0.2, 0.25) is 0 Å². The third-order valence-corrected chi connectivity index (χ3v) is 2.95. The van der Waals surface area contributed by atoms with E-state index >= 15 is 0 Å². The fourth-order valence-electron chi connectivity index (χ4n) is 1.94. The van der Waals surface area contributed by atoms with Gasteiger partial charge in [0.25, 0.3) is 0 Å². The number of carbonyl (C=O) groups excluding carboxylic acids is 3. The van der Waals surface area contributed by atoms with Crippen LogP contribution in [-0.4, -0.2) is 17.6 Å². The average molecular weight is 277 g/mol. The predicted molar refractivity (Wildman–Crippen MR) is 79.4 cm³/mol. The number of aliphatic imine (C=N–C) groups is 1. The molecule has 0 saturated carbocycles. The molecule has 4 nitrogen and oxygen atoms in total. The van der Waals surface area contributed by atoms with Crippen LogP contribution in [0.3, 0.4) is 0 Å². The number of carbonyl (C=O) groups is 2. The Labute approximate surface area is 121 Å². The molecule has 0 heterocycles. The van der Waals surface area contributed by atoms with Gasteiger partial charge in [-0.1, -0.05) is 49.1 Å². The smallest absolute Gasteiger partial charge is 0.240 e. The summed E-state index contributed by atoms with van der Waals surface area (Å²) in [4.78, 5) is 38.5. The van der Waals surface area contributed by atoms with Gasteiger partial charge in [-0.25, -0.2) is 4.79 Å². The summed E-state index contributed by atoms with van der Waals surface area (Å²) in [5.74, 6) is -1.39. The van der Waals surface area contributed by atoms with Crippen LogP contribution in [0.4, 0.5) is 5.69 Å². The number of rotatable bonds is 5. The van der Waals surface area contributed by atoms with Gasteiger partial charge in [0.05, 0.1) is 11.3 Å². The lowest BCUT2D eigenvalue weighted by molar-refractivity contribution is 0.0817. The second-order valence-corrected chi connectivity index (χ2v) is 4.17. The molecule has 2 aromatic rings. The van der Waals surface area contributed by atoms with Crippen molar-refractivity contribution in [3.05, 3.63) is 71.8 Å². The fraction of sp³-hybridized carbons (Fsp3) is 0. The number of para-hydroxylation sites is 1. The number of nitrogens with zero attached hydrogens (tertiary/aromatic N) is 1. The van der Waals surface area contributed by atoms with Gasteiger partial charge in [-0.05, 0) is 17.7 Å². The Morgan fingerprint density at radius 3 is 2.19 bits per heavy atom. The Balaban J connectivity index is 2.47. The molecule has 0 unspecified atom stereocenters. The molecular formula is C17H11NO3. The van der Waals surface area contributed by atoms with Gasteiger partial charge in [-0.2, -0.15) is 4.99 Å². The quantitative estimate of drug-likeness (QED) is 0.364. The largest absolute Gasteiger partial charge is 0.285 e. The molecule has 102 valence electrons. The third-order valence-electron chi connectivity index (χ3n) is 2.95. The fourth-order valence-corrected chi connectivity index (χ4v) is 1.94. The predicted octanol–water partition coefficient (Wildman–Crippen LogP) is 3.36. The van der Waals surface area contributed by atoms with E-state index < -0.39 is 11.6 Å². The monoisotopic (exact) mass is 277 g/mol. The van der Waals surface area contributed by atoms with Crippen molar-refractivity contribution in [2.75, 3.05) is 0 Å². The van der Waals surface area contributed by atoms with Gasteiger partial charge < -0.3 is 0 Å². The zero-order valence-corrected chi connectivity index (χ0v) is 11.1. The molecule has 21 heavy (non-hydrogen) atoms. The summed E-state index contributed by atoms with van der Waals surface area (Å²) in [5.41, 5.74) is 1.04. The van der Waals surface area contributed by atoms with Crippen LogP contribution < -0.4 is 0 Å². The van der Waals surface area contributed by atoms with Gasteiger partial charge >= 0.3 is 0 Å². The van der Waals surface area contributed by atoms with Crippen LogP contribution in [0, 0.1) is 0 Å². The number of ketones is 2. The van der Waals surface area contributed by atoms with E-state index in [-0.39, 0.29) is 16.8 Å². The van der Waals surface area contributed by atoms with Crippen LogP contribution >= 0.6 is 0 Å². The molecule has 2 rings (SSSR count). The first kappa shape index (κ1) is 14.3. The first-order valence-corrected chi connectivity index (χ1v) is 6.16. The van der Waals surface area contributed by atoms with Crippen molar-refractivity contribution in [1.82, 2.24) is 0 Å². The molecule has 0 fully saturated rings. The van der Waals surface area contributed by atoms with Gasteiger partial charge in [0.2, 0.25) is 17.6 Å². The highest BCUT2D eigenvalue weighted by molar-refractivity contribution is 6.50. The van der Waals surface area contributed by atoms with E-state index in [0.717, 1.165) is 0 Å². The van der Waals surface area contributed by atoms with E-state index in [1.165, 1.54) is 24.3 Å². The second-order valence-electron chi connectivity index (χ2n) is 4.17. The molecule has 2 aromatic carbocycles. The summed E-state index contributed by atoms with van der Waals surface area (Å²) in [6.45, 7) is 3.62. The lowest BCUT2D eigenvalue weighted by atomic mass is 9.96. The van der Waals surface area contributed by atoms with Crippen molar-refractivity contribution in [3.63, 3.8) is 0 Å². The van der Waals surface area contributed by atoms with E-state index in [0.29, 0.717) is 5.56 Å². The first-order valence-electron chi connectivity index (χ1n) is 6.16. The molecule has 0 saturated heterocycles. The zero-order valence-electron chi connectivity index (χ0n) is 11.1. The van der Waals surface area contributed by atoms with Crippen LogP contribution in [0.1, 0.15) is 26.3 Å². The Hall–Kier alpha value is -3.10. The Bertz CT molecular complexity index is 771. The van der Waals surface area contributed by atoms with E-state index in [4.69, 9.17) is 0 Å². The summed E-state index contributed by atoms with van der Waals surface area (Å²) in [7, 11) is 0. The number of hydrogen-bond acceptors (Lipinski definition) is 4. The lowest BCUT2D eigenvalue weighted by Crippen LogP contribution is -2.15. The van der Waals surface area contributed by atoms with E-state index in [1.54, 1.807) is 36.4 Å². The molecule has 0 amide bonds. The third kappa shape index (κ3) is 2.91. The number of hydrogen-bond donors (Lipinski definition) is 0. The van der Waals surface area contributed by atoms with Gasteiger partial charge in [-0.15, -0.1) is 0 Å². The molecule has 0 spiro atoms. The molecule has 0 bridgehead atoms. The van der Waals surface area contributed by atoms with Crippen molar-refractivity contribution in [1.29, 1.82) is 0 Å². The Kier molecular flexibility index (Phi) is 4.34. The molecule has 0 aromatic heterocycles. The number of Topliss-reactive ketones (excluding diaryl/α,β-unsaturated/α-hetero) is 2. The second kappa shape index (κ2) is 6.37. The number of isocyanates is 1. The van der Waals surface area contributed by atoms with Gasteiger partial charge in [-0.3, -0.25) is 9.59 Å². The zero-order chi connectivity index (χ0) is 15.2. The molecule has 0 atom stereocenters. The lowest BCUT2D eigenvalue weighted by Gasteiger charge is -2.05. The normalized spacial score (nSPS) is 9.52. The van der Waals surface area contributed by atoms with Crippen LogP contribution in [0.5, 0.6) is 0 Å². The molecule has 0 aliphatic rings. The first-order chi connectivity index (χ1) is 10.2.